The second-order valence-corrected chi connectivity index (χ2v) is 7.23. The van der Waals surface area contributed by atoms with Gasteiger partial charge in [-0.2, -0.15) is 0 Å². The van der Waals surface area contributed by atoms with Crippen LogP contribution in [0.1, 0.15) is 12.8 Å². The Morgan fingerprint density at radius 2 is 1.96 bits per heavy atom. The average Bonchev–Trinajstić information content (AvgIpc) is 3.26. The van der Waals surface area contributed by atoms with Gasteiger partial charge < -0.3 is 15.3 Å². The lowest BCUT2D eigenvalue weighted by Crippen LogP contribution is -2.43. The van der Waals surface area contributed by atoms with Crippen LogP contribution in [0.3, 0.4) is 0 Å². The number of fused-ring (bicyclic) bond motifs is 2. The Bertz CT molecular complexity index is 899. The number of rotatable bonds is 3. The molecule has 1 aliphatic heterocycles. The SMILES string of the molecule is O[C@@H]1C[C@H]2CN(c3nnc4ccccn34)C[C@H]2C[C@H]1Nc1cnccn1. The summed E-state index contributed by atoms with van der Waals surface area (Å²) in [7, 11) is 0. The monoisotopic (exact) mass is 351 g/mol. The molecule has 5 rings (SSSR count). The molecular formula is C18H21N7O. The summed E-state index contributed by atoms with van der Waals surface area (Å²) in [6.45, 7) is 1.85. The van der Waals surface area contributed by atoms with Gasteiger partial charge >= 0.3 is 0 Å². The highest BCUT2D eigenvalue weighted by molar-refractivity contribution is 5.47. The predicted molar refractivity (Wildman–Crippen MR) is 96.9 cm³/mol. The molecular weight excluding hydrogens is 330 g/mol. The Labute approximate surface area is 150 Å². The van der Waals surface area contributed by atoms with Crippen LogP contribution < -0.4 is 10.2 Å². The van der Waals surface area contributed by atoms with Crippen LogP contribution in [0.4, 0.5) is 11.8 Å². The zero-order valence-corrected chi connectivity index (χ0v) is 14.3. The van der Waals surface area contributed by atoms with Crippen molar-refractivity contribution in [3.8, 4) is 0 Å². The highest BCUT2D eigenvalue weighted by atomic mass is 16.3. The van der Waals surface area contributed by atoms with Crippen molar-refractivity contribution in [1.29, 1.82) is 0 Å². The van der Waals surface area contributed by atoms with Crippen LogP contribution in [0, 0.1) is 11.8 Å². The lowest BCUT2D eigenvalue weighted by molar-refractivity contribution is 0.0737. The number of hydrogen-bond acceptors (Lipinski definition) is 7. The molecule has 1 saturated carbocycles. The molecule has 26 heavy (non-hydrogen) atoms. The summed E-state index contributed by atoms with van der Waals surface area (Å²) in [6, 6.07) is 5.93. The molecule has 4 heterocycles. The van der Waals surface area contributed by atoms with Gasteiger partial charge in [-0.3, -0.25) is 9.38 Å². The smallest absolute Gasteiger partial charge is 0.231 e. The van der Waals surface area contributed by atoms with Crippen molar-refractivity contribution in [3.05, 3.63) is 43.0 Å². The number of aromatic nitrogens is 5. The van der Waals surface area contributed by atoms with Crippen molar-refractivity contribution in [1.82, 2.24) is 24.6 Å². The molecule has 8 heteroatoms. The lowest BCUT2D eigenvalue weighted by atomic mass is 9.77. The third-order valence-electron chi connectivity index (χ3n) is 5.62. The minimum absolute atomic E-state index is 0.00282. The molecule has 2 aliphatic rings. The van der Waals surface area contributed by atoms with Crippen molar-refractivity contribution in [2.45, 2.75) is 25.0 Å². The molecule has 0 bridgehead atoms. The van der Waals surface area contributed by atoms with Gasteiger partial charge in [-0.15, -0.1) is 10.2 Å². The van der Waals surface area contributed by atoms with Crippen molar-refractivity contribution in [2.24, 2.45) is 11.8 Å². The molecule has 2 N–H and O–H groups in total. The van der Waals surface area contributed by atoms with Gasteiger partial charge in [-0.1, -0.05) is 6.07 Å². The number of pyridine rings is 1. The summed E-state index contributed by atoms with van der Waals surface area (Å²) >= 11 is 0. The minimum Gasteiger partial charge on any atom is -0.391 e. The molecule has 0 spiro atoms. The third kappa shape index (κ3) is 2.66. The fourth-order valence-corrected chi connectivity index (χ4v) is 4.36. The average molecular weight is 351 g/mol. The Kier molecular flexibility index (Phi) is 3.70. The standard InChI is InChI=1S/C18H21N7O/c26-15-8-13-11-24(18-23-22-17-3-1-2-6-25(17)18)10-12(13)7-14(15)21-16-9-19-4-5-20-16/h1-6,9,12-15,26H,7-8,10-11H2,(H,20,21)/t12-,13+,14-,15-/m1/s1. The summed E-state index contributed by atoms with van der Waals surface area (Å²) in [4.78, 5) is 10.6. The molecule has 8 nitrogen and oxygen atoms in total. The first-order valence-electron chi connectivity index (χ1n) is 9.03. The maximum Gasteiger partial charge on any atom is 0.231 e. The Balaban J connectivity index is 1.33. The number of aliphatic hydroxyl groups excluding tert-OH is 1. The molecule has 0 radical (unpaired) electrons. The highest BCUT2D eigenvalue weighted by Gasteiger charge is 2.42. The van der Waals surface area contributed by atoms with E-state index in [0.29, 0.717) is 17.7 Å². The molecule has 134 valence electrons. The van der Waals surface area contributed by atoms with Crippen LogP contribution in [0.25, 0.3) is 5.65 Å². The van der Waals surface area contributed by atoms with Crippen molar-refractivity contribution in [3.63, 3.8) is 0 Å². The topological polar surface area (TPSA) is 91.5 Å². The minimum atomic E-state index is -0.381. The number of hydrogen-bond donors (Lipinski definition) is 2. The van der Waals surface area contributed by atoms with E-state index in [1.165, 1.54) is 0 Å². The van der Waals surface area contributed by atoms with Crippen LogP contribution in [0.5, 0.6) is 0 Å². The van der Waals surface area contributed by atoms with Gasteiger partial charge in [0.1, 0.15) is 5.82 Å². The Morgan fingerprint density at radius 1 is 1.08 bits per heavy atom. The van der Waals surface area contributed by atoms with Gasteiger partial charge in [0.2, 0.25) is 5.95 Å². The molecule has 2 fully saturated rings. The van der Waals surface area contributed by atoms with Crippen molar-refractivity contribution < 1.29 is 5.11 Å². The van der Waals surface area contributed by atoms with E-state index in [9.17, 15) is 5.11 Å². The fourth-order valence-electron chi connectivity index (χ4n) is 4.36. The quantitative estimate of drug-likeness (QED) is 0.733. The van der Waals surface area contributed by atoms with Gasteiger partial charge in [0, 0.05) is 31.7 Å². The van der Waals surface area contributed by atoms with E-state index in [4.69, 9.17) is 0 Å². The van der Waals surface area contributed by atoms with E-state index in [2.05, 4.69) is 30.4 Å². The molecule has 0 amide bonds. The molecule has 1 aliphatic carbocycles. The highest BCUT2D eigenvalue weighted by Crippen LogP contribution is 2.38. The van der Waals surface area contributed by atoms with Gasteiger partial charge in [0.25, 0.3) is 0 Å². The van der Waals surface area contributed by atoms with Gasteiger partial charge in [-0.05, 0) is 36.8 Å². The summed E-state index contributed by atoms with van der Waals surface area (Å²) < 4.78 is 2.03. The molecule has 1 saturated heterocycles. The second-order valence-electron chi connectivity index (χ2n) is 7.23. The van der Waals surface area contributed by atoms with Crippen LogP contribution in [-0.2, 0) is 0 Å². The number of aliphatic hydroxyl groups is 1. The van der Waals surface area contributed by atoms with Gasteiger partial charge in [-0.25, -0.2) is 4.98 Å². The Hall–Kier alpha value is -2.74. The third-order valence-corrected chi connectivity index (χ3v) is 5.62. The van der Waals surface area contributed by atoms with Crippen molar-refractivity contribution >= 4 is 17.4 Å². The molecule has 4 atom stereocenters. The van der Waals surface area contributed by atoms with E-state index in [-0.39, 0.29) is 12.1 Å². The number of nitrogens with zero attached hydrogens (tertiary/aromatic N) is 6. The summed E-state index contributed by atoms with van der Waals surface area (Å²) in [6.07, 6.45) is 8.32. The van der Waals surface area contributed by atoms with E-state index >= 15 is 0 Å². The van der Waals surface area contributed by atoms with Crippen LogP contribution >= 0.6 is 0 Å². The molecule has 0 aromatic carbocycles. The maximum atomic E-state index is 10.6. The number of nitrogens with one attached hydrogen (secondary N) is 1. The first-order valence-corrected chi connectivity index (χ1v) is 9.03. The fraction of sp³-hybridized carbons (Fsp3) is 0.444. The number of anilines is 2. The van der Waals surface area contributed by atoms with Gasteiger partial charge in [0.15, 0.2) is 5.65 Å². The van der Waals surface area contributed by atoms with E-state index in [1.54, 1.807) is 18.6 Å². The summed E-state index contributed by atoms with van der Waals surface area (Å²) in [5.74, 6) is 2.60. The summed E-state index contributed by atoms with van der Waals surface area (Å²) in [5.41, 5.74) is 0.861. The second kappa shape index (κ2) is 6.21. The zero-order chi connectivity index (χ0) is 17.5. The van der Waals surface area contributed by atoms with Crippen molar-refractivity contribution in [2.75, 3.05) is 23.3 Å². The first kappa shape index (κ1) is 15.5. The predicted octanol–water partition coefficient (Wildman–Crippen LogP) is 1.21. The van der Waals surface area contributed by atoms with E-state index in [0.717, 1.165) is 37.5 Å². The summed E-state index contributed by atoms with van der Waals surface area (Å²) in [5, 5.41) is 22.6. The molecule has 3 aromatic rings. The first-order chi connectivity index (χ1) is 12.8. The lowest BCUT2D eigenvalue weighted by Gasteiger charge is -2.35. The van der Waals surface area contributed by atoms with Gasteiger partial charge in [0.05, 0.1) is 18.3 Å². The van der Waals surface area contributed by atoms with E-state index < -0.39 is 0 Å². The zero-order valence-electron chi connectivity index (χ0n) is 14.3. The molecule has 3 aromatic heterocycles. The normalized spacial score (nSPS) is 28.3. The van der Waals surface area contributed by atoms with Crippen LogP contribution in [0.15, 0.2) is 43.0 Å². The van der Waals surface area contributed by atoms with E-state index in [1.807, 2.05) is 28.8 Å². The van der Waals surface area contributed by atoms with Crippen LogP contribution in [-0.4, -0.2) is 54.9 Å². The Morgan fingerprint density at radius 3 is 2.81 bits per heavy atom. The van der Waals surface area contributed by atoms with Crippen LogP contribution in [0.2, 0.25) is 0 Å². The molecule has 0 unspecified atom stereocenters. The maximum absolute atomic E-state index is 10.6. The largest absolute Gasteiger partial charge is 0.391 e.